The summed E-state index contributed by atoms with van der Waals surface area (Å²) in [6.07, 6.45) is 0.400. The fourth-order valence-electron chi connectivity index (χ4n) is 4.28. The second-order valence-electron chi connectivity index (χ2n) is 8.37. The van der Waals surface area contributed by atoms with Crippen molar-refractivity contribution in [2.75, 3.05) is 5.73 Å². The molecule has 2 aliphatic heterocycles. The van der Waals surface area contributed by atoms with Crippen LogP contribution < -0.4 is 5.73 Å². The Hall–Kier alpha value is -2.01. The fraction of sp³-hybridized carbons (Fsp3) is 0.450. The number of benzene rings is 1. The third-order valence-corrected chi connectivity index (χ3v) is 6.49. The van der Waals surface area contributed by atoms with Gasteiger partial charge in [-0.3, -0.25) is 4.57 Å². The number of nitrogens with zero attached hydrogens (tertiary/aromatic N) is 4. The van der Waals surface area contributed by atoms with Crippen LogP contribution in [0.3, 0.4) is 0 Å². The van der Waals surface area contributed by atoms with Crippen molar-refractivity contribution in [3.05, 3.63) is 46.5 Å². The molecule has 4 heterocycles. The number of aromatic nitrogens is 4. The number of nitrogens with two attached hydrogens (primary N) is 1. The summed E-state index contributed by atoms with van der Waals surface area (Å²) >= 11 is 12.2. The number of halogens is 2. The van der Waals surface area contributed by atoms with E-state index in [1.54, 1.807) is 36.0 Å². The highest BCUT2D eigenvalue weighted by Gasteiger charge is 2.60. The first-order valence-corrected chi connectivity index (χ1v) is 10.5. The van der Waals surface area contributed by atoms with E-state index in [-0.39, 0.29) is 5.82 Å². The van der Waals surface area contributed by atoms with Gasteiger partial charge in [0.15, 0.2) is 23.5 Å². The third kappa shape index (κ3) is 3.27. The molecule has 1 unspecified atom stereocenters. The largest absolute Gasteiger partial charge is 0.383 e. The van der Waals surface area contributed by atoms with Crippen molar-refractivity contribution in [3.63, 3.8) is 0 Å². The normalized spacial score (nSPS) is 29.2. The third-order valence-electron chi connectivity index (χ3n) is 5.75. The number of hydrogen-bond acceptors (Lipinski definition) is 8. The minimum absolute atomic E-state index is 0.265. The summed E-state index contributed by atoms with van der Waals surface area (Å²) in [5.74, 6) is -0.602. The smallest absolute Gasteiger partial charge is 0.167 e. The minimum Gasteiger partial charge on any atom is -0.383 e. The van der Waals surface area contributed by atoms with Crippen molar-refractivity contribution in [2.45, 2.75) is 56.7 Å². The summed E-state index contributed by atoms with van der Waals surface area (Å²) in [7, 11) is 0. The SMILES string of the molecule is CC1(C)O[C@@H]2[C@H](O1)[C@@H](C(C)(O)c1ccc(Cl)c(Cl)c1)O[C@H]2n1cnc2c(N)ncnc21. The Balaban J connectivity index is 1.58. The highest BCUT2D eigenvalue weighted by atomic mass is 35.5. The molecule has 0 spiro atoms. The number of rotatable bonds is 3. The van der Waals surface area contributed by atoms with Crippen molar-refractivity contribution < 1.29 is 19.3 Å². The Labute approximate surface area is 188 Å². The molecule has 5 rings (SSSR count). The summed E-state index contributed by atoms with van der Waals surface area (Å²) in [5.41, 5.74) is 5.97. The molecular weight excluding hydrogens is 445 g/mol. The van der Waals surface area contributed by atoms with Crippen LogP contribution in [0.4, 0.5) is 5.82 Å². The Morgan fingerprint density at radius 3 is 2.61 bits per heavy atom. The van der Waals surface area contributed by atoms with Crippen LogP contribution in [0.1, 0.15) is 32.6 Å². The summed E-state index contributed by atoms with van der Waals surface area (Å²) in [6.45, 7) is 5.29. The Morgan fingerprint density at radius 1 is 1.13 bits per heavy atom. The molecule has 0 saturated carbocycles. The summed E-state index contributed by atoms with van der Waals surface area (Å²) in [4.78, 5) is 12.6. The lowest BCUT2D eigenvalue weighted by molar-refractivity contribution is -0.221. The zero-order valence-electron chi connectivity index (χ0n) is 17.0. The summed E-state index contributed by atoms with van der Waals surface area (Å²) < 4.78 is 20.4. The van der Waals surface area contributed by atoms with Gasteiger partial charge in [-0.25, -0.2) is 15.0 Å². The molecular formula is C20H21Cl2N5O4. The van der Waals surface area contributed by atoms with Crippen LogP contribution >= 0.6 is 23.2 Å². The lowest BCUT2D eigenvalue weighted by Gasteiger charge is -2.34. The quantitative estimate of drug-likeness (QED) is 0.605. The van der Waals surface area contributed by atoms with Crippen LogP contribution in [0, 0.1) is 0 Å². The maximum atomic E-state index is 11.6. The topological polar surface area (TPSA) is 118 Å². The maximum absolute atomic E-state index is 11.6. The lowest BCUT2D eigenvalue weighted by Crippen LogP contribution is -2.45. The van der Waals surface area contributed by atoms with Gasteiger partial charge in [-0.15, -0.1) is 0 Å². The van der Waals surface area contributed by atoms with E-state index in [1.165, 1.54) is 6.33 Å². The summed E-state index contributed by atoms with van der Waals surface area (Å²) in [5, 5.41) is 12.3. The van der Waals surface area contributed by atoms with Gasteiger partial charge in [-0.05, 0) is 38.5 Å². The number of hydrogen-bond donors (Lipinski definition) is 2. The molecule has 0 bridgehead atoms. The maximum Gasteiger partial charge on any atom is 0.167 e. The van der Waals surface area contributed by atoms with Crippen molar-refractivity contribution in [1.29, 1.82) is 0 Å². The van der Waals surface area contributed by atoms with Gasteiger partial charge in [-0.2, -0.15) is 0 Å². The van der Waals surface area contributed by atoms with Crippen LogP contribution in [0.2, 0.25) is 10.0 Å². The first kappa shape index (κ1) is 20.9. The monoisotopic (exact) mass is 465 g/mol. The van der Waals surface area contributed by atoms with E-state index >= 15 is 0 Å². The number of fused-ring (bicyclic) bond motifs is 2. The molecule has 0 radical (unpaired) electrons. The Morgan fingerprint density at radius 2 is 1.87 bits per heavy atom. The van der Waals surface area contributed by atoms with Gasteiger partial charge >= 0.3 is 0 Å². The van der Waals surface area contributed by atoms with Crippen LogP contribution in [0.25, 0.3) is 11.2 Å². The number of nitrogen functional groups attached to an aromatic ring is 1. The van der Waals surface area contributed by atoms with Gasteiger partial charge in [0, 0.05) is 0 Å². The van der Waals surface area contributed by atoms with E-state index in [4.69, 9.17) is 43.1 Å². The van der Waals surface area contributed by atoms with Crippen molar-refractivity contribution >= 4 is 40.2 Å². The highest BCUT2D eigenvalue weighted by Crippen LogP contribution is 2.49. The van der Waals surface area contributed by atoms with Crippen molar-refractivity contribution in [1.82, 2.24) is 19.5 Å². The van der Waals surface area contributed by atoms with Gasteiger partial charge in [0.25, 0.3) is 0 Å². The van der Waals surface area contributed by atoms with E-state index < -0.39 is 35.9 Å². The van der Waals surface area contributed by atoms with E-state index in [0.29, 0.717) is 26.8 Å². The Bertz CT molecular complexity index is 1170. The number of imidazole rings is 1. The van der Waals surface area contributed by atoms with Crippen LogP contribution in [0.5, 0.6) is 0 Å². The molecule has 2 aromatic heterocycles. The van der Waals surface area contributed by atoms with Crippen molar-refractivity contribution in [2.24, 2.45) is 0 Å². The van der Waals surface area contributed by atoms with Gasteiger partial charge < -0.3 is 25.1 Å². The van der Waals surface area contributed by atoms with E-state index in [9.17, 15) is 5.11 Å². The van der Waals surface area contributed by atoms with Gasteiger partial charge in [0.05, 0.1) is 16.4 Å². The summed E-state index contributed by atoms with van der Waals surface area (Å²) in [6, 6.07) is 4.97. The minimum atomic E-state index is -1.46. The van der Waals surface area contributed by atoms with Gasteiger partial charge in [0.1, 0.15) is 35.8 Å². The molecule has 2 fully saturated rings. The number of aliphatic hydroxyl groups is 1. The molecule has 31 heavy (non-hydrogen) atoms. The molecule has 2 saturated heterocycles. The molecule has 11 heteroatoms. The molecule has 9 nitrogen and oxygen atoms in total. The number of ether oxygens (including phenoxy) is 3. The highest BCUT2D eigenvalue weighted by molar-refractivity contribution is 6.42. The lowest BCUT2D eigenvalue weighted by atomic mass is 9.87. The standard InChI is InChI=1S/C20H21Cl2N5O4/c1-19(2)30-13-14(31-19)18(27-8-26-12-16(23)24-7-25-17(12)27)29-15(13)20(3,28)9-4-5-10(21)11(22)6-9/h4-8,13-15,18,28H,1-3H3,(H2,23,24,25)/t13-,14+,15-,18+,20?/m0/s1. The van der Waals surface area contributed by atoms with E-state index in [0.717, 1.165) is 0 Å². The zero-order chi connectivity index (χ0) is 22.1. The molecule has 0 amide bonds. The molecule has 2 aliphatic rings. The first-order valence-electron chi connectivity index (χ1n) is 9.70. The second kappa shape index (κ2) is 6.99. The molecule has 3 aromatic rings. The second-order valence-corrected chi connectivity index (χ2v) is 9.19. The van der Waals surface area contributed by atoms with Gasteiger partial charge in [0.2, 0.25) is 0 Å². The molecule has 0 aliphatic carbocycles. The van der Waals surface area contributed by atoms with Crippen LogP contribution in [-0.2, 0) is 19.8 Å². The van der Waals surface area contributed by atoms with Crippen LogP contribution in [0.15, 0.2) is 30.9 Å². The first-order chi connectivity index (χ1) is 14.6. The van der Waals surface area contributed by atoms with E-state index in [1.807, 2.05) is 13.8 Å². The average molecular weight is 466 g/mol. The molecule has 1 aromatic carbocycles. The van der Waals surface area contributed by atoms with Crippen molar-refractivity contribution in [3.8, 4) is 0 Å². The van der Waals surface area contributed by atoms with Gasteiger partial charge in [-0.1, -0.05) is 29.3 Å². The fourth-order valence-corrected chi connectivity index (χ4v) is 4.58. The molecule has 5 atom stereocenters. The average Bonchev–Trinajstić information content (AvgIpc) is 3.35. The molecule has 164 valence electrons. The van der Waals surface area contributed by atoms with E-state index in [2.05, 4.69) is 15.0 Å². The molecule has 3 N–H and O–H groups in total. The predicted octanol–water partition coefficient (Wildman–Crippen LogP) is 3.04. The Kier molecular flexibility index (Phi) is 4.71. The predicted molar refractivity (Wildman–Crippen MR) is 114 cm³/mol. The van der Waals surface area contributed by atoms with Crippen LogP contribution in [-0.4, -0.2) is 48.7 Å². The number of anilines is 1. The zero-order valence-corrected chi connectivity index (χ0v) is 18.5.